The Morgan fingerprint density at radius 3 is 2.43 bits per heavy atom. The molecule has 0 saturated carbocycles. The highest BCUT2D eigenvalue weighted by Crippen LogP contribution is 2.30. The molecule has 0 atom stereocenters. The van der Waals surface area contributed by atoms with Crippen LogP contribution in [0, 0.1) is 0 Å². The monoisotopic (exact) mass is 482 g/mol. The number of nitrogens with zero attached hydrogens (tertiary/aromatic N) is 2. The third kappa shape index (κ3) is 6.20. The minimum Gasteiger partial charge on any atom is -0.489 e. The number of aromatic nitrogens is 1. The van der Waals surface area contributed by atoms with Crippen LogP contribution < -0.4 is 4.74 Å². The molecule has 0 amide bonds. The number of aliphatic carboxylic acids is 1. The van der Waals surface area contributed by atoms with Gasteiger partial charge in [0.05, 0.1) is 11.8 Å². The number of hydrogen-bond donors (Lipinski definition) is 1. The zero-order chi connectivity index (χ0) is 24.8. The van der Waals surface area contributed by atoms with E-state index in [1.54, 1.807) is 12.1 Å². The Hall–Kier alpha value is -4.27. The number of benzene rings is 3. The maximum atomic E-state index is 12.8. The Morgan fingerprint density at radius 2 is 1.74 bits per heavy atom. The van der Waals surface area contributed by atoms with E-state index in [9.17, 15) is 18.0 Å². The number of rotatable bonds is 9. The molecule has 0 aliphatic carbocycles. The third-order valence-electron chi connectivity index (χ3n) is 5.22. The fraction of sp³-hybridized carbons (Fsp3) is 0.154. The summed E-state index contributed by atoms with van der Waals surface area (Å²) in [6, 6.07) is 20.2. The van der Waals surface area contributed by atoms with Gasteiger partial charge in [0, 0.05) is 29.2 Å². The number of oxime groups is 1. The van der Waals surface area contributed by atoms with Gasteiger partial charge in [-0.1, -0.05) is 47.6 Å². The number of alkyl halides is 3. The molecule has 1 heterocycles. The number of carbonyl (C=O) groups is 1. The summed E-state index contributed by atoms with van der Waals surface area (Å²) >= 11 is 0. The van der Waals surface area contributed by atoms with Crippen molar-refractivity contribution in [3.8, 4) is 5.75 Å². The standard InChI is InChI=1S/C26H21F3N2O4/c27-26(28,29)21-8-6-19(7-9-21)16-34-22-10-11-24-23(12-22)20(13-30-35-17-25(32)33)15-31(24)14-18-4-2-1-3-5-18/h1-13,15H,14,16-17H2,(H,32,33)/b30-13+. The molecule has 3 aromatic carbocycles. The second-order valence-corrected chi connectivity index (χ2v) is 7.76. The molecule has 35 heavy (non-hydrogen) atoms. The summed E-state index contributed by atoms with van der Waals surface area (Å²) in [7, 11) is 0. The minimum absolute atomic E-state index is 0.0967. The molecule has 4 rings (SSSR count). The van der Waals surface area contributed by atoms with Gasteiger partial charge in [-0.3, -0.25) is 0 Å². The van der Waals surface area contributed by atoms with Gasteiger partial charge in [0.1, 0.15) is 12.4 Å². The highest BCUT2D eigenvalue weighted by atomic mass is 19.4. The highest BCUT2D eigenvalue weighted by Gasteiger charge is 2.29. The van der Waals surface area contributed by atoms with Crippen molar-refractivity contribution >= 4 is 23.1 Å². The van der Waals surface area contributed by atoms with Crippen LogP contribution in [0.25, 0.3) is 10.9 Å². The number of halogens is 3. The van der Waals surface area contributed by atoms with E-state index in [1.165, 1.54) is 18.3 Å². The molecular weight excluding hydrogens is 461 g/mol. The molecule has 180 valence electrons. The summed E-state index contributed by atoms with van der Waals surface area (Å²) in [5.74, 6) is -0.608. The average Bonchev–Trinajstić information content (AvgIpc) is 3.17. The molecule has 0 aliphatic heterocycles. The molecule has 0 radical (unpaired) electrons. The largest absolute Gasteiger partial charge is 0.489 e. The van der Waals surface area contributed by atoms with Gasteiger partial charge in [-0.05, 0) is 41.5 Å². The first-order chi connectivity index (χ1) is 16.8. The van der Waals surface area contributed by atoms with E-state index in [2.05, 4.69) is 5.16 Å². The molecular formula is C26H21F3N2O4. The van der Waals surface area contributed by atoms with Crippen molar-refractivity contribution in [2.24, 2.45) is 5.16 Å². The zero-order valence-electron chi connectivity index (χ0n) is 18.4. The summed E-state index contributed by atoms with van der Waals surface area (Å²) < 4.78 is 46.1. The second kappa shape index (κ2) is 10.3. The number of ether oxygens (including phenoxy) is 1. The summed E-state index contributed by atoms with van der Waals surface area (Å²) in [5, 5.41) is 13.3. The van der Waals surface area contributed by atoms with E-state index in [0.717, 1.165) is 28.6 Å². The lowest BCUT2D eigenvalue weighted by Crippen LogP contribution is -2.05. The van der Waals surface area contributed by atoms with Crippen LogP contribution in [0.4, 0.5) is 13.2 Å². The van der Waals surface area contributed by atoms with Crippen molar-refractivity contribution in [2.45, 2.75) is 19.3 Å². The Balaban J connectivity index is 1.57. The molecule has 1 N–H and O–H groups in total. The minimum atomic E-state index is -4.39. The van der Waals surface area contributed by atoms with Crippen molar-refractivity contribution in [3.05, 3.63) is 101 Å². The molecule has 0 unspecified atom stereocenters. The van der Waals surface area contributed by atoms with Crippen LogP contribution in [0.1, 0.15) is 22.3 Å². The van der Waals surface area contributed by atoms with Crippen molar-refractivity contribution in [1.29, 1.82) is 0 Å². The zero-order valence-corrected chi connectivity index (χ0v) is 18.4. The van der Waals surface area contributed by atoms with E-state index in [1.807, 2.05) is 47.2 Å². The van der Waals surface area contributed by atoms with Crippen molar-refractivity contribution < 1.29 is 32.6 Å². The highest BCUT2D eigenvalue weighted by molar-refractivity contribution is 6.00. The van der Waals surface area contributed by atoms with Crippen LogP contribution in [-0.2, 0) is 29.0 Å². The SMILES string of the molecule is O=C(O)CO/N=C/c1cn(Cc2ccccc2)c2ccc(OCc3ccc(C(F)(F)F)cc3)cc12. The predicted octanol–water partition coefficient (Wildman–Crippen LogP) is 5.72. The summed E-state index contributed by atoms with van der Waals surface area (Å²) in [5.41, 5.74) is 2.58. The summed E-state index contributed by atoms with van der Waals surface area (Å²) in [4.78, 5) is 15.5. The van der Waals surface area contributed by atoms with Gasteiger partial charge < -0.3 is 19.2 Å². The van der Waals surface area contributed by atoms with Gasteiger partial charge in [-0.2, -0.15) is 13.2 Å². The van der Waals surface area contributed by atoms with Gasteiger partial charge in [-0.15, -0.1) is 0 Å². The topological polar surface area (TPSA) is 73.0 Å². The molecule has 6 nitrogen and oxygen atoms in total. The van der Waals surface area contributed by atoms with Gasteiger partial charge in [-0.25, -0.2) is 4.79 Å². The predicted molar refractivity (Wildman–Crippen MR) is 124 cm³/mol. The van der Waals surface area contributed by atoms with Crippen molar-refractivity contribution in [3.63, 3.8) is 0 Å². The lowest BCUT2D eigenvalue weighted by Gasteiger charge is -2.10. The molecule has 9 heteroatoms. The van der Waals surface area contributed by atoms with E-state index < -0.39 is 24.3 Å². The summed E-state index contributed by atoms with van der Waals surface area (Å²) in [6.07, 6.45) is -1.07. The first kappa shape index (κ1) is 23.9. The number of carboxylic acid groups (broad SMARTS) is 1. The van der Waals surface area contributed by atoms with Crippen molar-refractivity contribution in [1.82, 2.24) is 4.57 Å². The quantitative estimate of drug-likeness (QED) is 0.245. The lowest BCUT2D eigenvalue weighted by atomic mass is 10.1. The van der Waals surface area contributed by atoms with Crippen molar-refractivity contribution in [2.75, 3.05) is 6.61 Å². The Labute approximate surface area is 198 Å². The average molecular weight is 482 g/mol. The number of hydrogen-bond acceptors (Lipinski definition) is 4. The first-order valence-corrected chi connectivity index (χ1v) is 10.6. The van der Waals surface area contributed by atoms with Crippen LogP contribution >= 0.6 is 0 Å². The van der Waals surface area contributed by atoms with E-state index in [0.29, 0.717) is 23.4 Å². The van der Waals surface area contributed by atoms with Crippen LogP contribution in [0.15, 0.2) is 84.1 Å². The van der Waals surface area contributed by atoms with E-state index in [-0.39, 0.29) is 6.61 Å². The second-order valence-electron chi connectivity index (χ2n) is 7.76. The molecule has 0 saturated heterocycles. The third-order valence-corrected chi connectivity index (χ3v) is 5.22. The normalized spacial score (nSPS) is 11.7. The van der Waals surface area contributed by atoms with Crippen LogP contribution in [0.3, 0.4) is 0 Å². The van der Waals surface area contributed by atoms with Gasteiger partial charge >= 0.3 is 12.1 Å². The Bertz CT molecular complexity index is 1330. The maximum absolute atomic E-state index is 12.8. The van der Waals surface area contributed by atoms with E-state index >= 15 is 0 Å². The molecule has 1 aromatic heterocycles. The molecule has 0 spiro atoms. The Morgan fingerprint density at radius 1 is 1.00 bits per heavy atom. The molecule has 0 fully saturated rings. The molecule has 0 aliphatic rings. The van der Waals surface area contributed by atoms with E-state index in [4.69, 9.17) is 14.7 Å². The van der Waals surface area contributed by atoms with Gasteiger partial charge in [0.25, 0.3) is 0 Å². The smallest absolute Gasteiger partial charge is 0.416 e. The Kier molecular flexibility index (Phi) is 7.05. The first-order valence-electron chi connectivity index (χ1n) is 10.6. The molecule has 0 bridgehead atoms. The number of fused-ring (bicyclic) bond motifs is 1. The van der Waals surface area contributed by atoms with Crippen LogP contribution in [-0.4, -0.2) is 28.5 Å². The van der Waals surface area contributed by atoms with Crippen LogP contribution in [0.5, 0.6) is 5.75 Å². The fourth-order valence-electron chi connectivity index (χ4n) is 3.55. The van der Waals surface area contributed by atoms with Gasteiger partial charge in [0.15, 0.2) is 0 Å². The lowest BCUT2D eigenvalue weighted by molar-refractivity contribution is -0.142. The maximum Gasteiger partial charge on any atom is 0.416 e. The van der Waals surface area contributed by atoms with Crippen LogP contribution in [0.2, 0.25) is 0 Å². The number of carboxylic acids is 1. The fourth-order valence-corrected chi connectivity index (χ4v) is 3.55. The molecule has 4 aromatic rings. The summed E-state index contributed by atoms with van der Waals surface area (Å²) in [6.45, 7) is 0.146. The van der Waals surface area contributed by atoms with Gasteiger partial charge in [0.2, 0.25) is 6.61 Å².